The van der Waals surface area contributed by atoms with Crippen molar-refractivity contribution in [3.8, 4) is 16.2 Å². The van der Waals surface area contributed by atoms with E-state index in [1.54, 1.807) is 24.5 Å². The SMILES string of the molecule is COCC(=O)NC1CCCc2sc(-c3ccc4c(=O)c(C(=O)O)cn(C5CC5)c4c3OC)cc21. The van der Waals surface area contributed by atoms with Crippen LogP contribution in [-0.4, -0.2) is 42.4 Å². The van der Waals surface area contributed by atoms with Crippen molar-refractivity contribution in [3.63, 3.8) is 0 Å². The molecule has 5 rings (SSSR count). The second-order valence-electron chi connectivity index (χ2n) is 8.79. The molecule has 1 unspecified atom stereocenters. The topological polar surface area (TPSA) is 107 Å². The van der Waals surface area contributed by atoms with E-state index < -0.39 is 11.4 Å². The highest BCUT2D eigenvalue weighted by atomic mass is 32.1. The number of benzene rings is 1. The standard InChI is InChI=1S/C25H26N2O6S/c1-32-12-21(28)26-18-4-3-5-19-16(18)10-20(34-19)14-8-9-15-22(24(14)33-2)27(13-6-7-13)11-17(23(15)29)25(30)31/h8-11,13,18H,3-7,12H2,1-2H3,(H,26,28)(H,30,31). The summed E-state index contributed by atoms with van der Waals surface area (Å²) in [5, 5.41) is 13.0. The molecule has 1 fully saturated rings. The van der Waals surface area contributed by atoms with E-state index in [1.165, 1.54) is 18.2 Å². The Hall–Kier alpha value is -3.17. The van der Waals surface area contributed by atoms with Crippen molar-refractivity contribution < 1.29 is 24.2 Å². The number of nitrogens with zero attached hydrogens (tertiary/aromatic N) is 1. The highest BCUT2D eigenvalue weighted by Crippen LogP contribution is 2.46. The first-order valence-corrected chi connectivity index (χ1v) is 12.1. The number of carbonyl (C=O) groups is 2. The summed E-state index contributed by atoms with van der Waals surface area (Å²) in [6, 6.07) is 5.73. The molecule has 1 amide bonds. The number of carboxylic acids is 1. The van der Waals surface area contributed by atoms with E-state index in [4.69, 9.17) is 9.47 Å². The summed E-state index contributed by atoms with van der Waals surface area (Å²) in [5.74, 6) is -0.798. The van der Waals surface area contributed by atoms with Gasteiger partial charge in [-0.2, -0.15) is 0 Å². The van der Waals surface area contributed by atoms with Gasteiger partial charge in [-0.05, 0) is 55.9 Å². The number of fused-ring (bicyclic) bond motifs is 2. The first-order chi connectivity index (χ1) is 16.4. The Morgan fingerprint density at radius 3 is 2.71 bits per heavy atom. The van der Waals surface area contributed by atoms with Gasteiger partial charge in [-0.25, -0.2) is 4.79 Å². The number of amides is 1. The molecule has 0 bridgehead atoms. The van der Waals surface area contributed by atoms with E-state index in [1.807, 2.05) is 10.6 Å². The number of aromatic nitrogens is 1. The monoisotopic (exact) mass is 482 g/mol. The Labute approximate surface area is 200 Å². The van der Waals surface area contributed by atoms with Crippen molar-refractivity contribution in [2.24, 2.45) is 0 Å². The average molecular weight is 483 g/mol. The molecular weight excluding hydrogens is 456 g/mol. The van der Waals surface area contributed by atoms with Gasteiger partial charge in [0.25, 0.3) is 0 Å². The van der Waals surface area contributed by atoms with Gasteiger partial charge in [-0.3, -0.25) is 9.59 Å². The largest absolute Gasteiger partial charge is 0.494 e. The number of aryl methyl sites for hydroxylation is 1. The van der Waals surface area contributed by atoms with Gasteiger partial charge < -0.3 is 24.5 Å². The lowest BCUT2D eigenvalue weighted by molar-refractivity contribution is -0.125. The third-order valence-electron chi connectivity index (χ3n) is 6.51. The number of carboxylic acid groups (broad SMARTS) is 1. The molecule has 0 radical (unpaired) electrons. The van der Waals surface area contributed by atoms with E-state index in [2.05, 4.69) is 11.4 Å². The number of thiophene rings is 1. The summed E-state index contributed by atoms with van der Waals surface area (Å²) in [6.45, 7) is 0.0261. The van der Waals surface area contributed by atoms with Crippen LogP contribution in [0.2, 0.25) is 0 Å². The van der Waals surface area contributed by atoms with Gasteiger partial charge in [0.1, 0.15) is 12.2 Å². The van der Waals surface area contributed by atoms with Gasteiger partial charge >= 0.3 is 5.97 Å². The quantitative estimate of drug-likeness (QED) is 0.529. The van der Waals surface area contributed by atoms with Crippen LogP contribution >= 0.6 is 11.3 Å². The molecule has 1 aromatic carbocycles. The van der Waals surface area contributed by atoms with Crippen molar-refractivity contribution in [1.82, 2.24) is 9.88 Å². The van der Waals surface area contributed by atoms with E-state index in [9.17, 15) is 19.5 Å². The molecule has 0 aliphatic heterocycles. The smallest absolute Gasteiger partial charge is 0.341 e. The van der Waals surface area contributed by atoms with Crippen LogP contribution in [0, 0.1) is 0 Å². The van der Waals surface area contributed by atoms with Gasteiger partial charge in [0.15, 0.2) is 5.75 Å². The number of methoxy groups -OCH3 is 2. The van der Waals surface area contributed by atoms with Crippen LogP contribution in [0.25, 0.3) is 21.3 Å². The molecule has 9 heteroatoms. The minimum atomic E-state index is -1.23. The first kappa shape index (κ1) is 22.6. The zero-order valence-corrected chi connectivity index (χ0v) is 19.9. The number of carbonyl (C=O) groups excluding carboxylic acids is 1. The fourth-order valence-electron chi connectivity index (χ4n) is 4.82. The predicted molar refractivity (Wildman–Crippen MR) is 129 cm³/mol. The van der Waals surface area contributed by atoms with Gasteiger partial charge in [0.05, 0.1) is 24.1 Å². The number of hydrogen-bond acceptors (Lipinski definition) is 6. The fraction of sp³-hybridized carbons (Fsp3) is 0.400. The maximum atomic E-state index is 12.9. The van der Waals surface area contributed by atoms with E-state index in [-0.39, 0.29) is 30.2 Å². The second-order valence-corrected chi connectivity index (χ2v) is 9.93. The number of rotatable bonds is 7. The Morgan fingerprint density at radius 1 is 1.24 bits per heavy atom. The average Bonchev–Trinajstić information content (AvgIpc) is 3.56. The van der Waals surface area contributed by atoms with Gasteiger partial charge in [-0.15, -0.1) is 11.3 Å². The second kappa shape index (κ2) is 8.88. The molecule has 3 aromatic rings. The molecule has 34 heavy (non-hydrogen) atoms. The van der Waals surface area contributed by atoms with Crippen molar-refractivity contribution in [2.75, 3.05) is 20.8 Å². The zero-order chi connectivity index (χ0) is 24.0. The lowest BCUT2D eigenvalue weighted by Crippen LogP contribution is -2.32. The number of nitrogens with one attached hydrogen (secondary N) is 1. The summed E-state index contributed by atoms with van der Waals surface area (Å²) in [5.41, 5.74) is 1.87. The van der Waals surface area contributed by atoms with E-state index in [0.717, 1.165) is 48.1 Å². The number of aromatic carboxylic acids is 1. The summed E-state index contributed by atoms with van der Waals surface area (Å²) in [7, 11) is 3.08. The fourth-order valence-corrected chi connectivity index (χ4v) is 6.10. The third-order valence-corrected chi connectivity index (χ3v) is 7.76. The molecule has 2 heterocycles. The molecule has 0 spiro atoms. The lowest BCUT2D eigenvalue weighted by atomic mass is 9.93. The van der Waals surface area contributed by atoms with E-state index in [0.29, 0.717) is 16.7 Å². The van der Waals surface area contributed by atoms with Gasteiger partial charge in [0, 0.05) is 34.7 Å². The van der Waals surface area contributed by atoms with E-state index >= 15 is 0 Å². The summed E-state index contributed by atoms with van der Waals surface area (Å²) in [4.78, 5) is 39.0. The zero-order valence-electron chi connectivity index (χ0n) is 19.1. The van der Waals surface area contributed by atoms with Gasteiger partial charge in [-0.1, -0.05) is 0 Å². The Balaban J connectivity index is 1.64. The van der Waals surface area contributed by atoms with Crippen LogP contribution in [0.5, 0.6) is 5.75 Å². The van der Waals surface area contributed by atoms with Crippen molar-refractivity contribution >= 4 is 34.1 Å². The summed E-state index contributed by atoms with van der Waals surface area (Å²) in [6.07, 6.45) is 6.12. The Morgan fingerprint density at radius 2 is 2.03 bits per heavy atom. The van der Waals surface area contributed by atoms with Crippen LogP contribution in [0.15, 0.2) is 29.2 Å². The lowest BCUT2D eigenvalue weighted by Gasteiger charge is -2.23. The summed E-state index contributed by atoms with van der Waals surface area (Å²) < 4.78 is 12.7. The summed E-state index contributed by atoms with van der Waals surface area (Å²) >= 11 is 1.67. The molecule has 2 aliphatic carbocycles. The molecule has 1 atom stereocenters. The predicted octanol–water partition coefficient (Wildman–Crippen LogP) is 3.91. The minimum Gasteiger partial charge on any atom is -0.494 e. The maximum Gasteiger partial charge on any atom is 0.341 e. The van der Waals surface area contributed by atoms with Crippen LogP contribution in [0.1, 0.15) is 58.6 Å². The maximum absolute atomic E-state index is 12.9. The number of ether oxygens (including phenoxy) is 2. The molecule has 178 valence electrons. The minimum absolute atomic E-state index is 0.0261. The molecule has 2 N–H and O–H groups in total. The molecular formula is C25H26N2O6S. The van der Waals surface area contributed by atoms with Crippen LogP contribution in [0.3, 0.4) is 0 Å². The number of pyridine rings is 1. The highest BCUT2D eigenvalue weighted by Gasteiger charge is 2.30. The van der Waals surface area contributed by atoms with Crippen molar-refractivity contribution in [3.05, 3.63) is 50.6 Å². The molecule has 2 aromatic heterocycles. The number of hydrogen-bond donors (Lipinski definition) is 2. The molecule has 8 nitrogen and oxygen atoms in total. The third kappa shape index (κ3) is 3.88. The molecule has 0 saturated heterocycles. The first-order valence-electron chi connectivity index (χ1n) is 11.3. The Bertz CT molecular complexity index is 1350. The molecule has 2 aliphatic rings. The van der Waals surface area contributed by atoms with Crippen molar-refractivity contribution in [2.45, 2.75) is 44.2 Å². The normalized spacial score (nSPS) is 17.4. The van der Waals surface area contributed by atoms with Crippen LogP contribution < -0.4 is 15.5 Å². The van der Waals surface area contributed by atoms with Crippen molar-refractivity contribution in [1.29, 1.82) is 0 Å². The molecule has 1 saturated carbocycles. The highest BCUT2D eigenvalue weighted by molar-refractivity contribution is 7.15. The Kier molecular flexibility index (Phi) is 5.91. The van der Waals surface area contributed by atoms with Gasteiger partial charge in [0.2, 0.25) is 11.3 Å². The van der Waals surface area contributed by atoms with Crippen LogP contribution in [-0.2, 0) is 16.0 Å². The van der Waals surface area contributed by atoms with Crippen LogP contribution in [0.4, 0.5) is 0 Å².